The van der Waals surface area contributed by atoms with Gasteiger partial charge in [0.1, 0.15) is 5.75 Å². The number of ether oxygens (including phenoxy) is 1. The van der Waals surface area contributed by atoms with Crippen molar-refractivity contribution in [3.8, 4) is 5.75 Å². The van der Waals surface area contributed by atoms with E-state index in [9.17, 15) is 4.79 Å². The Bertz CT molecular complexity index is 814. The normalized spacial score (nSPS) is 10.9. The van der Waals surface area contributed by atoms with E-state index in [1.54, 1.807) is 17.7 Å². The summed E-state index contributed by atoms with van der Waals surface area (Å²) < 4.78 is 12.2. The molecule has 0 amide bonds. The maximum absolute atomic E-state index is 12.0. The van der Waals surface area contributed by atoms with Crippen LogP contribution in [-0.4, -0.2) is 11.7 Å². The average Bonchev–Trinajstić information content (AvgIpc) is 2.76. The van der Waals surface area contributed by atoms with E-state index in [2.05, 4.69) is 0 Å². The van der Waals surface area contributed by atoms with E-state index < -0.39 is 0 Å². The van der Waals surface area contributed by atoms with Gasteiger partial charge in [-0.05, 0) is 25.1 Å². The molecule has 3 aromatic rings. The summed E-state index contributed by atoms with van der Waals surface area (Å²) in [7, 11) is 1.63. The number of para-hydroxylation sites is 2. The molecule has 2 aromatic carbocycles. The Kier molecular flexibility index (Phi) is 3.06. The lowest BCUT2D eigenvalue weighted by atomic mass is 10.1. The molecule has 0 fully saturated rings. The molecule has 0 aliphatic heterocycles. The van der Waals surface area contributed by atoms with Gasteiger partial charge in [-0.2, -0.15) is 0 Å². The molecule has 1 aromatic heterocycles. The number of hydrogen-bond donors (Lipinski definition) is 0. The highest BCUT2D eigenvalue weighted by Gasteiger charge is 2.11. The van der Waals surface area contributed by atoms with Gasteiger partial charge in [0.05, 0.1) is 19.2 Å². The summed E-state index contributed by atoms with van der Waals surface area (Å²) in [5.74, 6) is 0.419. The second-order valence-electron chi connectivity index (χ2n) is 4.74. The van der Waals surface area contributed by atoms with E-state index in [0.29, 0.717) is 12.1 Å². The summed E-state index contributed by atoms with van der Waals surface area (Å²) in [6.45, 7) is 2.44. The molecule has 0 aliphatic carbocycles. The molecule has 0 unspecified atom stereocenters. The summed E-state index contributed by atoms with van der Waals surface area (Å²) in [6.07, 6.45) is 0. The first-order valence-electron chi connectivity index (χ1n) is 6.41. The fourth-order valence-corrected chi connectivity index (χ4v) is 2.36. The van der Waals surface area contributed by atoms with Gasteiger partial charge in [-0.25, -0.2) is 4.79 Å². The fourth-order valence-electron chi connectivity index (χ4n) is 2.36. The van der Waals surface area contributed by atoms with Gasteiger partial charge in [0.25, 0.3) is 0 Å². The quantitative estimate of drug-likeness (QED) is 0.734. The summed E-state index contributed by atoms with van der Waals surface area (Å²) in [6, 6.07) is 13.3. The van der Waals surface area contributed by atoms with Gasteiger partial charge < -0.3 is 9.15 Å². The first-order valence-corrected chi connectivity index (χ1v) is 6.41. The Hall–Kier alpha value is -2.49. The summed E-state index contributed by atoms with van der Waals surface area (Å²) in [4.78, 5) is 12.0. The van der Waals surface area contributed by atoms with Crippen LogP contribution in [0.2, 0.25) is 0 Å². The van der Waals surface area contributed by atoms with Crippen molar-refractivity contribution in [2.75, 3.05) is 7.11 Å². The number of fused-ring (bicyclic) bond motifs is 1. The zero-order valence-electron chi connectivity index (χ0n) is 11.4. The zero-order chi connectivity index (χ0) is 14.1. The molecule has 1 heterocycles. The predicted molar refractivity (Wildman–Crippen MR) is 77.3 cm³/mol. The van der Waals surface area contributed by atoms with Crippen LogP contribution in [0.15, 0.2) is 51.7 Å². The lowest BCUT2D eigenvalue weighted by molar-refractivity contribution is 0.407. The maximum atomic E-state index is 12.0. The number of oxazole rings is 1. The summed E-state index contributed by atoms with van der Waals surface area (Å²) in [5.41, 5.74) is 3.48. The van der Waals surface area contributed by atoms with Crippen molar-refractivity contribution in [3.63, 3.8) is 0 Å². The standard InChI is InChI=1S/C16H15NO3/c1-11-7-8-14(19-2)12(9-11)10-17-13-5-3-4-6-15(13)20-16(17)18/h3-9H,10H2,1-2H3. The number of rotatable bonds is 3. The second kappa shape index (κ2) is 4.89. The maximum Gasteiger partial charge on any atom is 0.420 e. The average molecular weight is 269 g/mol. The SMILES string of the molecule is COc1ccc(C)cc1Cn1c(=O)oc2ccccc21. The lowest BCUT2D eigenvalue weighted by Crippen LogP contribution is -2.15. The third-order valence-corrected chi connectivity index (χ3v) is 3.34. The topological polar surface area (TPSA) is 44.4 Å². The molecular weight excluding hydrogens is 254 g/mol. The molecule has 0 saturated carbocycles. The molecule has 4 heteroatoms. The van der Waals surface area contributed by atoms with Crippen LogP contribution in [0.3, 0.4) is 0 Å². The van der Waals surface area contributed by atoms with Crippen molar-refractivity contribution < 1.29 is 9.15 Å². The first kappa shape index (κ1) is 12.5. The van der Waals surface area contributed by atoms with Crippen molar-refractivity contribution in [2.45, 2.75) is 13.5 Å². The van der Waals surface area contributed by atoms with Gasteiger partial charge >= 0.3 is 5.76 Å². The van der Waals surface area contributed by atoms with E-state index in [4.69, 9.17) is 9.15 Å². The van der Waals surface area contributed by atoms with Crippen molar-refractivity contribution in [3.05, 3.63) is 64.1 Å². The van der Waals surface area contributed by atoms with Gasteiger partial charge in [0.2, 0.25) is 0 Å². The first-order chi connectivity index (χ1) is 9.69. The Morgan fingerprint density at radius 2 is 2.00 bits per heavy atom. The van der Waals surface area contributed by atoms with E-state index in [-0.39, 0.29) is 5.76 Å². The highest BCUT2D eigenvalue weighted by molar-refractivity contribution is 5.72. The van der Waals surface area contributed by atoms with Crippen molar-refractivity contribution >= 4 is 11.1 Å². The highest BCUT2D eigenvalue weighted by Crippen LogP contribution is 2.22. The number of methoxy groups -OCH3 is 1. The number of nitrogens with zero attached hydrogens (tertiary/aromatic N) is 1. The van der Waals surface area contributed by atoms with Crippen LogP contribution in [0.4, 0.5) is 0 Å². The third kappa shape index (κ3) is 2.09. The molecule has 0 aliphatic rings. The van der Waals surface area contributed by atoms with Gasteiger partial charge in [-0.15, -0.1) is 0 Å². The number of aromatic nitrogens is 1. The Balaban J connectivity index is 2.12. The van der Waals surface area contributed by atoms with Crippen LogP contribution in [0.1, 0.15) is 11.1 Å². The number of aryl methyl sites for hydroxylation is 1. The molecule has 0 atom stereocenters. The van der Waals surface area contributed by atoms with E-state index in [1.807, 2.05) is 43.3 Å². The third-order valence-electron chi connectivity index (χ3n) is 3.34. The fraction of sp³-hybridized carbons (Fsp3) is 0.188. The van der Waals surface area contributed by atoms with Gasteiger partial charge in [0, 0.05) is 5.56 Å². The monoisotopic (exact) mass is 269 g/mol. The largest absolute Gasteiger partial charge is 0.496 e. The van der Waals surface area contributed by atoms with Crippen LogP contribution < -0.4 is 10.5 Å². The molecule has 0 bridgehead atoms. The van der Waals surface area contributed by atoms with Crippen LogP contribution in [0.5, 0.6) is 5.75 Å². The predicted octanol–water partition coefficient (Wildman–Crippen LogP) is 2.96. The zero-order valence-corrected chi connectivity index (χ0v) is 11.4. The molecule has 0 radical (unpaired) electrons. The molecule has 0 saturated heterocycles. The minimum Gasteiger partial charge on any atom is -0.496 e. The molecule has 0 N–H and O–H groups in total. The van der Waals surface area contributed by atoms with Crippen LogP contribution in [-0.2, 0) is 6.54 Å². The van der Waals surface area contributed by atoms with Crippen molar-refractivity contribution in [2.24, 2.45) is 0 Å². The molecule has 3 rings (SSSR count). The number of hydrogen-bond acceptors (Lipinski definition) is 3. The van der Waals surface area contributed by atoms with E-state index in [1.165, 1.54) is 0 Å². The lowest BCUT2D eigenvalue weighted by Gasteiger charge is -2.09. The van der Waals surface area contributed by atoms with Crippen LogP contribution in [0, 0.1) is 6.92 Å². The van der Waals surface area contributed by atoms with E-state index >= 15 is 0 Å². The molecule has 20 heavy (non-hydrogen) atoms. The van der Waals surface area contributed by atoms with Gasteiger partial charge in [0.15, 0.2) is 5.58 Å². The second-order valence-corrected chi connectivity index (χ2v) is 4.74. The van der Waals surface area contributed by atoms with Crippen LogP contribution >= 0.6 is 0 Å². The summed E-state index contributed by atoms with van der Waals surface area (Å²) >= 11 is 0. The Labute approximate surface area is 116 Å². The minimum absolute atomic E-state index is 0.352. The highest BCUT2D eigenvalue weighted by atomic mass is 16.5. The Morgan fingerprint density at radius 1 is 1.20 bits per heavy atom. The molecular formula is C16H15NO3. The van der Waals surface area contributed by atoms with Gasteiger partial charge in [-0.1, -0.05) is 29.8 Å². The summed E-state index contributed by atoms with van der Waals surface area (Å²) in [5, 5.41) is 0. The van der Waals surface area contributed by atoms with Crippen molar-refractivity contribution in [1.29, 1.82) is 0 Å². The number of benzene rings is 2. The molecule has 102 valence electrons. The Morgan fingerprint density at radius 3 is 2.80 bits per heavy atom. The van der Waals surface area contributed by atoms with Gasteiger partial charge in [-0.3, -0.25) is 4.57 Å². The molecule has 4 nitrogen and oxygen atoms in total. The van der Waals surface area contributed by atoms with E-state index in [0.717, 1.165) is 22.4 Å². The van der Waals surface area contributed by atoms with Crippen LogP contribution in [0.25, 0.3) is 11.1 Å². The van der Waals surface area contributed by atoms with Crippen molar-refractivity contribution in [1.82, 2.24) is 4.57 Å². The molecule has 0 spiro atoms. The smallest absolute Gasteiger partial charge is 0.420 e. The minimum atomic E-state index is -0.352.